The molecule has 0 aliphatic rings. The zero-order valence-electron chi connectivity index (χ0n) is 8.15. The summed E-state index contributed by atoms with van der Waals surface area (Å²) < 4.78 is 0. The van der Waals surface area contributed by atoms with Crippen molar-refractivity contribution in [2.24, 2.45) is 0 Å². The molecule has 0 radical (unpaired) electrons. The number of aliphatic carboxylic acids is 1. The van der Waals surface area contributed by atoms with Crippen LogP contribution in [0.1, 0.15) is 31.4 Å². The summed E-state index contributed by atoms with van der Waals surface area (Å²) in [6.45, 7) is 0. The highest BCUT2D eigenvalue weighted by molar-refractivity contribution is 5.66. The average molecular weight is 193 g/mol. The lowest BCUT2D eigenvalue weighted by Crippen LogP contribution is -1.94. The summed E-state index contributed by atoms with van der Waals surface area (Å²) in [7, 11) is 0. The van der Waals surface area contributed by atoms with Crippen LogP contribution < -0.4 is 0 Å². The zero-order chi connectivity index (χ0) is 10.2. The highest BCUT2D eigenvalue weighted by atomic mass is 16.4. The summed E-state index contributed by atoms with van der Waals surface area (Å²) in [4.78, 5) is 14.4. The Kier molecular flexibility index (Phi) is 4.69. The van der Waals surface area contributed by atoms with Crippen molar-refractivity contribution >= 4 is 5.97 Å². The molecule has 0 aliphatic heterocycles. The Morgan fingerprint density at radius 1 is 1.29 bits per heavy atom. The second-order valence-corrected chi connectivity index (χ2v) is 3.28. The van der Waals surface area contributed by atoms with E-state index in [0.29, 0.717) is 0 Å². The monoisotopic (exact) mass is 193 g/mol. The fourth-order valence-corrected chi connectivity index (χ4v) is 1.31. The number of pyridine rings is 1. The Morgan fingerprint density at radius 2 is 2.14 bits per heavy atom. The van der Waals surface area contributed by atoms with E-state index in [9.17, 15) is 4.79 Å². The maximum atomic E-state index is 10.2. The SMILES string of the molecule is O=C(O)CCCCCc1ccccn1. The first-order chi connectivity index (χ1) is 6.79. The lowest BCUT2D eigenvalue weighted by atomic mass is 10.1. The van der Waals surface area contributed by atoms with Crippen molar-refractivity contribution in [3.05, 3.63) is 30.1 Å². The Morgan fingerprint density at radius 3 is 2.79 bits per heavy atom. The van der Waals surface area contributed by atoms with E-state index in [4.69, 9.17) is 5.11 Å². The maximum absolute atomic E-state index is 10.2. The van der Waals surface area contributed by atoms with Crippen LogP contribution in [0.15, 0.2) is 24.4 Å². The van der Waals surface area contributed by atoms with Crippen molar-refractivity contribution < 1.29 is 9.90 Å². The predicted molar refractivity (Wildman–Crippen MR) is 54.0 cm³/mol. The first kappa shape index (κ1) is 10.7. The number of hydrogen-bond acceptors (Lipinski definition) is 2. The van der Waals surface area contributed by atoms with E-state index in [-0.39, 0.29) is 6.42 Å². The minimum Gasteiger partial charge on any atom is -0.481 e. The third-order valence-electron chi connectivity index (χ3n) is 2.05. The number of carboxylic acids is 1. The predicted octanol–water partition coefficient (Wildman–Crippen LogP) is 2.27. The number of aryl methyl sites for hydroxylation is 1. The molecule has 1 heterocycles. The molecule has 0 aromatic carbocycles. The standard InChI is InChI=1S/C11H15NO2/c13-11(14)8-3-1-2-6-10-7-4-5-9-12-10/h4-5,7,9H,1-3,6,8H2,(H,13,14). The van der Waals surface area contributed by atoms with Crippen LogP contribution in [-0.4, -0.2) is 16.1 Å². The molecule has 1 aromatic heterocycles. The lowest BCUT2D eigenvalue weighted by molar-refractivity contribution is -0.137. The molecule has 0 saturated carbocycles. The van der Waals surface area contributed by atoms with E-state index >= 15 is 0 Å². The second kappa shape index (κ2) is 6.13. The first-order valence-corrected chi connectivity index (χ1v) is 4.91. The van der Waals surface area contributed by atoms with E-state index in [0.717, 1.165) is 31.4 Å². The van der Waals surface area contributed by atoms with Gasteiger partial charge in [0, 0.05) is 18.3 Å². The average Bonchev–Trinajstić information content (AvgIpc) is 2.18. The molecule has 0 amide bonds. The van der Waals surface area contributed by atoms with Crippen LogP contribution in [0.2, 0.25) is 0 Å². The summed E-state index contributed by atoms with van der Waals surface area (Å²) in [5, 5.41) is 8.42. The number of nitrogens with zero attached hydrogens (tertiary/aromatic N) is 1. The molecule has 0 unspecified atom stereocenters. The fourth-order valence-electron chi connectivity index (χ4n) is 1.31. The summed E-state index contributed by atoms with van der Waals surface area (Å²) in [6.07, 6.45) is 5.75. The first-order valence-electron chi connectivity index (χ1n) is 4.91. The Hall–Kier alpha value is -1.38. The van der Waals surface area contributed by atoms with Gasteiger partial charge in [0.15, 0.2) is 0 Å². The van der Waals surface area contributed by atoms with Crippen molar-refractivity contribution in [1.29, 1.82) is 0 Å². The highest BCUT2D eigenvalue weighted by Gasteiger charge is 1.97. The normalized spacial score (nSPS) is 10.0. The van der Waals surface area contributed by atoms with Gasteiger partial charge in [0.25, 0.3) is 0 Å². The van der Waals surface area contributed by atoms with Crippen LogP contribution in [0, 0.1) is 0 Å². The third-order valence-corrected chi connectivity index (χ3v) is 2.05. The van der Waals surface area contributed by atoms with Gasteiger partial charge >= 0.3 is 5.97 Å². The number of hydrogen-bond donors (Lipinski definition) is 1. The molecule has 1 N–H and O–H groups in total. The van der Waals surface area contributed by atoms with Crippen molar-refractivity contribution in [1.82, 2.24) is 4.98 Å². The van der Waals surface area contributed by atoms with Crippen LogP contribution in [0.4, 0.5) is 0 Å². The van der Waals surface area contributed by atoms with Crippen molar-refractivity contribution in [3.8, 4) is 0 Å². The maximum Gasteiger partial charge on any atom is 0.303 e. The van der Waals surface area contributed by atoms with Crippen molar-refractivity contribution in [2.45, 2.75) is 32.1 Å². The Labute approximate surface area is 83.8 Å². The number of carbonyl (C=O) groups is 1. The second-order valence-electron chi connectivity index (χ2n) is 3.28. The van der Waals surface area contributed by atoms with Crippen LogP contribution in [0.25, 0.3) is 0 Å². The molecular weight excluding hydrogens is 178 g/mol. The van der Waals surface area contributed by atoms with Gasteiger partial charge in [-0.1, -0.05) is 12.5 Å². The number of rotatable bonds is 6. The molecule has 1 aromatic rings. The van der Waals surface area contributed by atoms with Crippen LogP contribution in [0.5, 0.6) is 0 Å². The molecule has 0 fully saturated rings. The molecule has 3 nitrogen and oxygen atoms in total. The molecule has 0 saturated heterocycles. The summed E-state index contributed by atoms with van der Waals surface area (Å²) in [5.41, 5.74) is 1.09. The quantitative estimate of drug-likeness (QED) is 0.705. The molecule has 0 spiro atoms. The van der Waals surface area contributed by atoms with E-state index in [1.54, 1.807) is 6.20 Å². The number of aromatic nitrogens is 1. The molecule has 3 heteroatoms. The molecule has 76 valence electrons. The van der Waals surface area contributed by atoms with Gasteiger partial charge in [0.05, 0.1) is 0 Å². The van der Waals surface area contributed by atoms with E-state index in [2.05, 4.69) is 4.98 Å². The largest absolute Gasteiger partial charge is 0.481 e. The molecule has 0 atom stereocenters. The third kappa shape index (κ3) is 4.60. The fraction of sp³-hybridized carbons (Fsp3) is 0.455. The Balaban J connectivity index is 2.08. The van der Waals surface area contributed by atoms with Crippen LogP contribution in [0.3, 0.4) is 0 Å². The van der Waals surface area contributed by atoms with Crippen molar-refractivity contribution in [3.63, 3.8) is 0 Å². The molecular formula is C11H15NO2. The van der Waals surface area contributed by atoms with Gasteiger partial charge in [-0.25, -0.2) is 0 Å². The molecule has 0 bridgehead atoms. The van der Waals surface area contributed by atoms with Gasteiger partial charge < -0.3 is 5.11 Å². The summed E-state index contributed by atoms with van der Waals surface area (Å²) in [5.74, 6) is -0.706. The molecule has 0 aliphatic carbocycles. The number of carboxylic acid groups (broad SMARTS) is 1. The summed E-state index contributed by atoms with van der Waals surface area (Å²) >= 11 is 0. The zero-order valence-corrected chi connectivity index (χ0v) is 8.15. The van der Waals surface area contributed by atoms with Crippen LogP contribution in [-0.2, 0) is 11.2 Å². The number of unbranched alkanes of at least 4 members (excludes halogenated alkanes) is 2. The van der Waals surface area contributed by atoms with Gasteiger partial charge in [0.2, 0.25) is 0 Å². The molecule has 14 heavy (non-hydrogen) atoms. The van der Waals surface area contributed by atoms with Gasteiger partial charge in [-0.15, -0.1) is 0 Å². The highest BCUT2D eigenvalue weighted by Crippen LogP contribution is 2.05. The van der Waals surface area contributed by atoms with Crippen molar-refractivity contribution in [2.75, 3.05) is 0 Å². The lowest BCUT2D eigenvalue weighted by Gasteiger charge is -1.99. The van der Waals surface area contributed by atoms with Gasteiger partial charge in [-0.2, -0.15) is 0 Å². The van der Waals surface area contributed by atoms with Gasteiger partial charge in [-0.3, -0.25) is 9.78 Å². The van der Waals surface area contributed by atoms with Gasteiger partial charge in [-0.05, 0) is 31.4 Å². The molecule has 1 rings (SSSR count). The smallest absolute Gasteiger partial charge is 0.303 e. The minimum atomic E-state index is -0.706. The van der Waals surface area contributed by atoms with E-state index < -0.39 is 5.97 Å². The Bertz CT molecular complexity index is 272. The van der Waals surface area contributed by atoms with E-state index in [1.165, 1.54) is 0 Å². The topological polar surface area (TPSA) is 50.2 Å². The summed E-state index contributed by atoms with van der Waals surface area (Å²) in [6, 6.07) is 5.87. The minimum absolute atomic E-state index is 0.280. The van der Waals surface area contributed by atoms with Gasteiger partial charge in [0.1, 0.15) is 0 Å². The van der Waals surface area contributed by atoms with Crippen LogP contribution >= 0.6 is 0 Å². The van der Waals surface area contributed by atoms with E-state index in [1.807, 2.05) is 18.2 Å².